The third-order valence-electron chi connectivity index (χ3n) is 3.86. The van der Waals surface area contributed by atoms with Gasteiger partial charge in [-0.2, -0.15) is 4.98 Å². The van der Waals surface area contributed by atoms with E-state index in [2.05, 4.69) is 22.3 Å². The second kappa shape index (κ2) is 5.77. The van der Waals surface area contributed by atoms with Gasteiger partial charge in [0.25, 0.3) is 5.89 Å². The molecule has 0 aliphatic carbocycles. The van der Waals surface area contributed by atoms with Gasteiger partial charge in [-0.3, -0.25) is 0 Å². The van der Waals surface area contributed by atoms with Crippen LogP contribution in [0.4, 0.5) is 0 Å². The summed E-state index contributed by atoms with van der Waals surface area (Å²) >= 11 is 0. The van der Waals surface area contributed by atoms with Gasteiger partial charge in [0.2, 0.25) is 0 Å². The van der Waals surface area contributed by atoms with Crippen LogP contribution in [0.15, 0.2) is 47.0 Å². The zero-order valence-corrected chi connectivity index (χ0v) is 12.1. The number of ether oxygens (including phenoxy) is 2. The van der Waals surface area contributed by atoms with Crippen molar-refractivity contribution in [2.24, 2.45) is 0 Å². The van der Waals surface area contributed by atoms with Gasteiger partial charge in [-0.1, -0.05) is 35.5 Å². The smallest absolute Gasteiger partial charge is 0.264 e. The lowest BCUT2D eigenvalue weighted by Crippen LogP contribution is -2.01. The molecule has 2 heterocycles. The zero-order chi connectivity index (χ0) is 14.8. The van der Waals surface area contributed by atoms with Crippen LogP contribution in [0, 0.1) is 0 Å². The zero-order valence-electron chi connectivity index (χ0n) is 12.1. The van der Waals surface area contributed by atoms with Crippen LogP contribution in [-0.2, 0) is 11.3 Å². The molecule has 0 N–H and O–H groups in total. The molecule has 3 aromatic rings. The van der Waals surface area contributed by atoms with Crippen LogP contribution in [0.1, 0.15) is 24.1 Å². The highest BCUT2D eigenvalue weighted by atomic mass is 16.5. The summed E-state index contributed by atoms with van der Waals surface area (Å²) in [5.41, 5.74) is 0. The van der Waals surface area contributed by atoms with Crippen molar-refractivity contribution in [1.29, 1.82) is 0 Å². The lowest BCUT2D eigenvalue weighted by Gasteiger charge is -2.04. The molecule has 0 unspecified atom stereocenters. The number of hydrogen-bond donors (Lipinski definition) is 0. The summed E-state index contributed by atoms with van der Waals surface area (Å²) < 4.78 is 16.3. The molecule has 22 heavy (non-hydrogen) atoms. The molecular formula is C17H16N2O3. The SMILES string of the molecule is c1ccc2cc(OCc3nc([C@@H]4CCOC4)no3)ccc2c1. The van der Waals surface area contributed by atoms with Gasteiger partial charge in [0.05, 0.1) is 6.61 Å². The number of hydrogen-bond acceptors (Lipinski definition) is 5. The fraction of sp³-hybridized carbons (Fsp3) is 0.294. The third-order valence-corrected chi connectivity index (χ3v) is 3.86. The van der Waals surface area contributed by atoms with E-state index in [0.717, 1.165) is 30.0 Å². The van der Waals surface area contributed by atoms with Gasteiger partial charge in [0.15, 0.2) is 12.4 Å². The van der Waals surface area contributed by atoms with Crippen LogP contribution >= 0.6 is 0 Å². The lowest BCUT2D eigenvalue weighted by molar-refractivity contribution is 0.192. The molecule has 0 radical (unpaired) electrons. The normalized spacial score (nSPS) is 17.9. The largest absolute Gasteiger partial charge is 0.484 e. The first kappa shape index (κ1) is 13.3. The van der Waals surface area contributed by atoms with Crippen LogP contribution in [0.25, 0.3) is 10.8 Å². The Morgan fingerprint density at radius 1 is 1.14 bits per heavy atom. The first-order valence-corrected chi connectivity index (χ1v) is 7.40. The van der Waals surface area contributed by atoms with Crippen LogP contribution in [0.3, 0.4) is 0 Å². The summed E-state index contributed by atoms with van der Waals surface area (Å²) in [4.78, 5) is 4.39. The first-order chi connectivity index (χ1) is 10.9. The maximum atomic E-state index is 5.75. The molecular weight excluding hydrogens is 280 g/mol. The summed E-state index contributed by atoms with van der Waals surface area (Å²) in [6.07, 6.45) is 0.949. The highest BCUT2D eigenvalue weighted by Crippen LogP contribution is 2.24. The van der Waals surface area contributed by atoms with Crippen LogP contribution in [0.2, 0.25) is 0 Å². The van der Waals surface area contributed by atoms with Crippen molar-refractivity contribution in [3.8, 4) is 5.75 Å². The molecule has 0 amide bonds. The molecule has 1 saturated heterocycles. The van der Waals surface area contributed by atoms with Crippen molar-refractivity contribution < 1.29 is 14.0 Å². The molecule has 1 aromatic heterocycles. The molecule has 0 saturated carbocycles. The van der Waals surface area contributed by atoms with E-state index in [1.165, 1.54) is 5.39 Å². The van der Waals surface area contributed by atoms with Crippen LogP contribution < -0.4 is 4.74 Å². The monoisotopic (exact) mass is 296 g/mol. The van der Waals surface area contributed by atoms with E-state index in [4.69, 9.17) is 14.0 Å². The van der Waals surface area contributed by atoms with Gasteiger partial charge >= 0.3 is 0 Å². The van der Waals surface area contributed by atoms with Crippen molar-refractivity contribution in [3.05, 3.63) is 54.2 Å². The standard InChI is InChI=1S/C17H16N2O3/c1-2-4-13-9-15(6-5-12(13)3-1)21-11-16-18-17(19-22-16)14-7-8-20-10-14/h1-6,9,14H,7-8,10-11H2/t14-/m1/s1. The minimum Gasteiger partial charge on any atom is -0.484 e. The van der Waals surface area contributed by atoms with E-state index >= 15 is 0 Å². The highest BCUT2D eigenvalue weighted by Gasteiger charge is 2.23. The number of nitrogens with zero attached hydrogens (tertiary/aromatic N) is 2. The average Bonchev–Trinajstić information content (AvgIpc) is 3.24. The Balaban J connectivity index is 1.44. The van der Waals surface area contributed by atoms with E-state index in [0.29, 0.717) is 12.5 Å². The molecule has 4 rings (SSSR count). The Morgan fingerprint density at radius 2 is 2.05 bits per heavy atom. The fourth-order valence-corrected chi connectivity index (χ4v) is 2.63. The van der Waals surface area contributed by atoms with Gasteiger partial charge < -0.3 is 14.0 Å². The summed E-state index contributed by atoms with van der Waals surface area (Å²) in [6, 6.07) is 14.2. The third kappa shape index (κ3) is 2.67. The predicted molar refractivity (Wildman–Crippen MR) is 80.8 cm³/mol. The van der Waals surface area contributed by atoms with Crippen molar-refractivity contribution in [2.45, 2.75) is 18.9 Å². The Labute approximate surface area is 127 Å². The van der Waals surface area contributed by atoms with Gasteiger partial charge in [0.1, 0.15) is 5.75 Å². The number of rotatable bonds is 4. The van der Waals surface area contributed by atoms with E-state index < -0.39 is 0 Å². The molecule has 112 valence electrons. The molecule has 1 aliphatic rings. The fourth-order valence-electron chi connectivity index (χ4n) is 2.63. The molecule has 5 heteroatoms. The predicted octanol–water partition coefficient (Wildman–Crippen LogP) is 3.31. The van der Waals surface area contributed by atoms with E-state index in [1.54, 1.807) is 0 Å². The molecule has 1 fully saturated rings. The number of fused-ring (bicyclic) bond motifs is 1. The maximum absolute atomic E-state index is 5.75. The van der Waals surface area contributed by atoms with E-state index in [1.807, 2.05) is 30.3 Å². The molecule has 5 nitrogen and oxygen atoms in total. The molecule has 0 bridgehead atoms. The average molecular weight is 296 g/mol. The molecule has 0 spiro atoms. The Morgan fingerprint density at radius 3 is 2.91 bits per heavy atom. The summed E-state index contributed by atoms with van der Waals surface area (Å²) in [5, 5.41) is 6.35. The first-order valence-electron chi connectivity index (χ1n) is 7.40. The van der Waals surface area contributed by atoms with E-state index in [-0.39, 0.29) is 12.5 Å². The van der Waals surface area contributed by atoms with Gasteiger partial charge in [-0.15, -0.1) is 0 Å². The summed E-state index contributed by atoms with van der Waals surface area (Å²) in [5.74, 6) is 2.26. The summed E-state index contributed by atoms with van der Waals surface area (Å²) in [6.45, 7) is 1.71. The number of aromatic nitrogens is 2. The van der Waals surface area contributed by atoms with Gasteiger partial charge in [0, 0.05) is 12.5 Å². The van der Waals surface area contributed by atoms with Crippen molar-refractivity contribution in [2.75, 3.05) is 13.2 Å². The quantitative estimate of drug-likeness (QED) is 0.739. The molecule has 1 aliphatic heterocycles. The van der Waals surface area contributed by atoms with Crippen molar-refractivity contribution in [1.82, 2.24) is 10.1 Å². The molecule has 2 aromatic carbocycles. The van der Waals surface area contributed by atoms with Crippen LogP contribution in [-0.4, -0.2) is 23.4 Å². The Hall–Kier alpha value is -2.40. The minimum absolute atomic E-state index is 0.248. The van der Waals surface area contributed by atoms with Gasteiger partial charge in [-0.25, -0.2) is 0 Å². The summed E-state index contributed by atoms with van der Waals surface area (Å²) in [7, 11) is 0. The van der Waals surface area contributed by atoms with Gasteiger partial charge in [-0.05, 0) is 29.3 Å². The number of benzene rings is 2. The van der Waals surface area contributed by atoms with Crippen LogP contribution in [0.5, 0.6) is 5.75 Å². The minimum atomic E-state index is 0.248. The van der Waals surface area contributed by atoms with Crippen molar-refractivity contribution >= 4 is 10.8 Å². The van der Waals surface area contributed by atoms with E-state index in [9.17, 15) is 0 Å². The Kier molecular flexibility index (Phi) is 3.48. The highest BCUT2D eigenvalue weighted by molar-refractivity contribution is 5.83. The van der Waals surface area contributed by atoms with Crippen molar-refractivity contribution in [3.63, 3.8) is 0 Å². The maximum Gasteiger partial charge on any atom is 0.264 e. The lowest BCUT2D eigenvalue weighted by atomic mass is 10.1. The molecule has 1 atom stereocenters. The second-order valence-electron chi connectivity index (χ2n) is 5.40. The topological polar surface area (TPSA) is 57.4 Å². The Bertz CT molecular complexity index is 778. The second-order valence-corrected chi connectivity index (χ2v) is 5.40.